The lowest BCUT2D eigenvalue weighted by molar-refractivity contribution is 0.131. The Balaban J connectivity index is 0.000000133. The first-order chi connectivity index (χ1) is 14.1. The number of H-pyrrole nitrogens is 1. The molecule has 0 spiro atoms. The van der Waals surface area contributed by atoms with Gasteiger partial charge in [-0.05, 0) is 6.42 Å². The van der Waals surface area contributed by atoms with Gasteiger partial charge in [0.05, 0.1) is 12.0 Å². The van der Waals surface area contributed by atoms with Gasteiger partial charge in [-0.2, -0.15) is 0 Å². The van der Waals surface area contributed by atoms with Crippen LogP contribution in [-0.4, -0.2) is 61.0 Å². The first-order valence-electron chi connectivity index (χ1n) is 8.68. The summed E-state index contributed by atoms with van der Waals surface area (Å²) in [5.41, 5.74) is 14.3. The summed E-state index contributed by atoms with van der Waals surface area (Å²) in [7, 11) is 0. The van der Waals surface area contributed by atoms with Gasteiger partial charge in [0.1, 0.15) is 37.2 Å². The Bertz CT molecular complexity index is 998. The molecule has 5 rings (SSSR count). The van der Waals surface area contributed by atoms with Crippen molar-refractivity contribution in [2.75, 3.05) is 31.3 Å². The monoisotopic (exact) mass is 400 g/mol. The molecule has 152 valence electrons. The van der Waals surface area contributed by atoms with Gasteiger partial charge >= 0.3 is 6.16 Å². The summed E-state index contributed by atoms with van der Waals surface area (Å²) in [6.45, 7) is 0.996. The van der Waals surface area contributed by atoms with E-state index in [-0.39, 0.29) is 12.5 Å². The highest BCUT2D eigenvalue weighted by atomic mass is 16.8. The molecule has 1 aliphatic heterocycles. The summed E-state index contributed by atoms with van der Waals surface area (Å²) < 4.78 is 8.58. The van der Waals surface area contributed by atoms with Gasteiger partial charge in [0, 0.05) is 18.1 Å². The van der Waals surface area contributed by atoms with E-state index in [9.17, 15) is 4.79 Å². The van der Waals surface area contributed by atoms with Gasteiger partial charge in [0.2, 0.25) is 0 Å². The van der Waals surface area contributed by atoms with Gasteiger partial charge in [-0.1, -0.05) is 12.2 Å². The van der Waals surface area contributed by atoms with Crippen molar-refractivity contribution in [2.24, 2.45) is 0 Å². The summed E-state index contributed by atoms with van der Waals surface area (Å²) in [5.74, 6) is 1.15. The van der Waals surface area contributed by atoms with Gasteiger partial charge in [-0.3, -0.25) is 0 Å². The number of fused-ring (bicyclic) bond motifs is 2. The molecule has 1 atom stereocenters. The number of carbonyl (C=O) groups is 1. The first kappa shape index (κ1) is 19.9. The minimum absolute atomic E-state index is 0.165. The van der Waals surface area contributed by atoms with E-state index in [1.807, 2.05) is 12.2 Å². The minimum atomic E-state index is -0.546. The lowest BCUT2D eigenvalue weighted by atomic mass is 10.0. The van der Waals surface area contributed by atoms with Crippen LogP contribution in [0.2, 0.25) is 0 Å². The standard InChI is InChI=1S/C9H11N3O.C5H5N5.C3H4O3/c10-9-7-2-1-6(3-4-13)8(7)11-5-12-9;6-4-3-5(9-1-7-3)10-2-8-4;4-3-5-1-2-6-3/h1-2,5-6,13H,3-4H2,(H2,10,11,12);1-2H,(H3,6,7,8,9,10);1-2H2. The molecule has 2 aliphatic rings. The Morgan fingerprint density at radius 1 is 1.07 bits per heavy atom. The van der Waals surface area contributed by atoms with Crippen molar-refractivity contribution in [1.29, 1.82) is 0 Å². The number of anilines is 2. The van der Waals surface area contributed by atoms with E-state index in [0.717, 1.165) is 11.3 Å². The van der Waals surface area contributed by atoms with Crippen molar-refractivity contribution in [2.45, 2.75) is 12.3 Å². The number of allylic oxidation sites excluding steroid dienone is 1. The molecular formula is C17H20N8O4. The van der Waals surface area contributed by atoms with Crippen molar-refractivity contribution in [1.82, 2.24) is 29.9 Å². The maximum atomic E-state index is 9.80. The van der Waals surface area contributed by atoms with E-state index in [2.05, 4.69) is 39.4 Å². The van der Waals surface area contributed by atoms with E-state index in [4.69, 9.17) is 16.6 Å². The van der Waals surface area contributed by atoms with Crippen LogP contribution in [0.25, 0.3) is 17.2 Å². The van der Waals surface area contributed by atoms with E-state index >= 15 is 0 Å². The van der Waals surface area contributed by atoms with Crippen molar-refractivity contribution in [3.8, 4) is 0 Å². The number of aliphatic hydroxyl groups is 1. The van der Waals surface area contributed by atoms with Crippen LogP contribution in [0.5, 0.6) is 0 Å². The highest BCUT2D eigenvalue weighted by Crippen LogP contribution is 2.32. The fraction of sp³-hybridized carbons (Fsp3) is 0.294. The molecule has 0 bridgehead atoms. The first-order valence-corrected chi connectivity index (χ1v) is 8.68. The average molecular weight is 400 g/mol. The van der Waals surface area contributed by atoms with E-state index in [0.29, 0.717) is 42.4 Å². The van der Waals surface area contributed by atoms with Gasteiger partial charge in [-0.25, -0.2) is 29.7 Å². The molecule has 3 aromatic rings. The van der Waals surface area contributed by atoms with Crippen LogP contribution >= 0.6 is 0 Å². The third-order valence-electron chi connectivity index (χ3n) is 4.01. The number of carbonyl (C=O) groups excluding carboxylic acids is 1. The predicted octanol–water partition coefficient (Wildman–Crippen LogP) is 0.640. The van der Waals surface area contributed by atoms with Gasteiger partial charge < -0.3 is 31.0 Å². The van der Waals surface area contributed by atoms with Crippen LogP contribution in [0.1, 0.15) is 23.6 Å². The van der Waals surface area contributed by atoms with Gasteiger partial charge in [-0.15, -0.1) is 0 Å². The highest BCUT2D eigenvalue weighted by Gasteiger charge is 2.20. The molecule has 29 heavy (non-hydrogen) atoms. The van der Waals surface area contributed by atoms with Crippen LogP contribution in [0.3, 0.4) is 0 Å². The molecule has 0 radical (unpaired) electrons. The minimum Gasteiger partial charge on any atom is -0.431 e. The number of cyclic esters (lactones) is 2. The summed E-state index contributed by atoms with van der Waals surface area (Å²) in [6, 6.07) is 0. The number of nitrogens with two attached hydrogens (primary N) is 2. The molecule has 1 saturated heterocycles. The molecule has 1 aliphatic carbocycles. The van der Waals surface area contributed by atoms with Crippen LogP contribution in [0.15, 0.2) is 25.1 Å². The molecular weight excluding hydrogens is 380 g/mol. The number of hydrogen-bond acceptors (Lipinski definition) is 11. The number of aromatic amines is 1. The molecule has 6 N–H and O–H groups in total. The second-order valence-electron chi connectivity index (χ2n) is 5.84. The van der Waals surface area contributed by atoms with Crippen molar-refractivity contribution in [3.63, 3.8) is 0 Å². The molecule has 12 heteroatoms. The third kappa shape index (κ3) is 4.93. The second-order valence-corrected chi connectivity index (χ2v) is 5.84. The lowest BCUT2D eigenvalue weighted by Crippen LogP contribution is -2.03. The Morgan fingerprint density at radius 2 is 1.79 bits per heavy atom. The molecule has 1 unspecified atom stereocenters. The van der Waals surface area contributed by atoms with Crippen molar-refractivity contribution >= 4 is 35.0 Å². The Hall–Kier alpha value is -3.80. The maximum Gasteiger partial charge on any atom is 0.508 e. The Labute approximate surface area is 165 Å². The number of imidazole rings is 1. The fourth-order valence-electron chi connectivity index (χ4n) is 2.64. The van der Waals surface area contributed by atoms with Crippen molar-refractivity contribution in [3.05, 3.63) is 36.3 Å². The highest BCUT2D eigenvalue weighted by molar-refractivity contribution is 5.80. The van der Waals surface area contributed by atoms with Gasteiger partial charge in [0.25, 0.3) is 0 Å². The third-order valence-corrected chi connectivity index (χ3v) is 4.01. The van der Waals surface area contributed by atoms with Gasteiger partial charge in [0.15, 0.2) is 11.5 Å². The smallest absolute Gasteiger partial charge is 0.431 e. The molecule has 3 aromatic heterocycles. The Kier molecular flexibility index (Phi) is 6.47. The quantitative estimate of drug-likeness (QED) is 0.442. The Morgan fingerprint density at radius 3 is 2.45 bits per heavy atom. The van der Waals surface area contributed by atoms with Crippen LogP contribution in [0, 0.1) is 0 Å². The topological polar surface area (TPSA) is 188 Å². The van der Waals surface area contributed by atoms with E-state index in [1.165, 1.54) is 19.0 Å². The normalized spacial score (nSPS) is 16.2. The zero-order chi connectivity index (χ0) is 20.6. The van der Waals surface area contributed by atoms with Crippen LogP contribution in [0.4, 0.5) is 16.4 Å². The predicted molar refractivity (Wildman–Crippen MR) is 103 cm³/mol. The molecule has 0 saturated carbocycles. The molecule has 0 amide bonds. The maximum absolute atomic E-state index is 9.80. The number of nitrogen functional groups attached to an aromatic ring is 2. The average Bonchev–Trinajstić information content (AvgIpc) is 3.46. The largest absolute Gasteiger partial charge is 0.508 e. The van der Waals surface area contributed by atoms with E-state index in [1.54, 1.807) is 0 Å². The lowest BCUT2D eigenvalue weighted by Gasteiger charge is -2.07. The summed E-state index contributed by atoms with van der Waals surface area (Å²) in [6.07, 6.45) is 8.46. The SMILES string of the molecule is Nc1ncnc2c1C=CC2CCO.Nc1ncnc2nc[nH]c12.O=C1OCCO1. The number of aliphatic hydroxyl groups excluding tert-OH is 1. The second kappa shape index (κ2) is 9.41. The van der Waals surface area contributed by atoms with Crippen LogP contribution < -0.4 is 11.5 Å². The molecule has 1 fully saturated rings. The van der Waals surface area contributed by atoms with Crippen molar-refractivity contribution < 1.29 is 19.4 Å². The number of ether oxygens (including phenoxy) is 2. The summed E-state index contributed by atoms with van der Waals surface area (Å²) >= 11 is 0. The molecule has 4 heterocycles. The number of nitrogens with zero attached hydrogens (tertiary/aromatic N) is 5. The number of nitrogens with one attached hydrogen (secondary N) is 1. The zero-order valence-corrected chi connectivity index (χ0v) is 15.4. The number of hydrogen-bond donors (Lipinski definition) is 4. The number of aromatic nitrogens is 6. The summed E-state index contributed by atoms with van der Waals surface area (Å²) in [5, 5.41) is 8.81. The summed E-state index contributed by atoms with van der Waals surface area (Å²) in [4.78, 5) is 32.2. The zero-order valence-electron chi connectivity index (χ0n) is 15.4. The number of rotatable bonds is 2. The van der Waals surface area contributed by atoms with Crippen LogP contribution in [-0.2, 0) is 9.47 Å². The molecule has 0 aromatic carbocycles. The fourth-order valence-corrected chi connectivity index (χ4v) is 2.64. The molecule has 12 nitrogen and oxygen atoms in total. The van der Waals surface area contributed by atoms with E-state index < -0.39 is 6.16 Å².